The molecule has 7 aromatic rings. The number of aromatic nitrogens is 8. The van der Waals surface area contributed by atoms with E-state index >= 15 is 0 Å². The van der Waals surface area contributed by atoms with Crippen LogP contribution in [-0.4, -0.2) is 48.3 Å². The van der Waals surface area contributed by atoms with Gasteiger partial charge in [-0.05, 0) is 0 Å². The van der Waals surface area contributed by atoms with Gasteiger partial charge in [-0.3, -0.25) is 0 Å². The number of hydrogen-bond donors (Lipinski definition) is 2. The van der Waals surface area contributed by atoms with Crippen molar-refractivity contribution in [3.8, 4) is 51.3 Å². The zero-order valence-electron chi connectivity index (χ0n) is 22.8. The Hall–Kier alpha value is -5.52. The van der Waals surface area contributed by atoms with Crippen molar-refractivity contribution in [2.45, 2.75) is 0 Å². The topological polar surface area (TPSA) is 152 Å². The zero-order chi connectivity index (χ0) is 30.3. The normalized spacial score (nSPS) is 12.3. The first-order chi connectivity index (χ1) is 21.9. The van der Waals surface area contributed by atoms with E-state index in [1.807, 2.05) is 72.8 Å². The molecule has 2 N–H and O–H groups in total. The molecule has 2 aliphatic heterocycles. The molecular weight excluding hydrogens is 635 g/mol. The Kier molecular flexibility index (Phi) is 5.47. The SMILES string of the molecule is O=[S](=O)([Ni])Oc1cccc2c3nc4nc(nc5[nH]c(nc6nc(nc([nH]3)c12)-c1ccccc1-6)c1ccccc51)-c1ccccc1-4. The van der Waals surface area contributed by atoms with Crippen LogP contribution in [0, 0.1) is 0 Å². The summed E-state index contributed by atoms with van der Waals surface area (Å²) in [6.07, 6.45) is 0. The third-order valence-electron chi connectivity index (χ3n) is 7.73. The van der Waals surface area contributed by atoms with Gasteiger partial charge in [-0.2, -0.15) is 0 Å². The van der Waals surface area contributed by atoms with Gasteiger partial charge < -0.3 is 0 Å². The van der Waals surface area contributed by atoms with Gasteiger partial charge in [-0.1, -0.05) is 24.3 Å². The zero-order valence-corrected chi connectivity index (χ0v) is 24.6. The van der Waals surface area contributed by atoms with E-state index in [4.69, 9.17) is 34.1 Å². The van der Waals surface area contributed by atoms with Gasteiger partial charge in [0, 0.05) is 5.39 Å². The Bertz CT molecular complexity index is 2680. The van der Waals surface area contributed by atoms with Crippen LogP contribution < -0.4 is 4.18 Å². The predicted molar refractivity (Wildman–Crippen MR) is 166 cm³/mol. The van der Waals surface area contributed by atoms with E-state index in [1.54, 1.807) is 12.1 Å². The number of H-pyrrole nitrogens is 2. The standard InChI is InChI=1S/C32H17N8O3S.Ni/c41-44(42)43-23-15-7-14-22-24(23)32-39-30-21-13-6-5-12-20(21)28(37-30)35-26-17-9-2-1-8-16(17)25(33-26)34-27-18-10-3-4-11-19(18)29(36-27)38-31(22)40-32;/h1-15H,(H2,33,34,35,36,37,38,39,40);. The molecule has 4 aromatic carbocycles. The van der Waals surface area contributed by atoms with E-state index in [0.29, 0.717) is 56.7 Å². The Morgan fingerprint density at radius 1 is 0.489 bits per heavy atom. The molecule has 0 amide bonds. The molecule has 0 spiro atoms. The summed E-state index contributed by atoms with van der Waals surface area (Å²) in [6, 6.07) is 28.2. The maximum absolute atomic E-state index is 12.1. The molecule has 0 aliphatic carbocycles. The van der Waals surface area contributed by atoms with Crippen molar-refractivity contribution in [1.29, 1.82) is 0 Å². The Morgan fingerprint density at radius 3 is 1.38 bits per heavy atom. The number of benzene rings is 4. The summed E-state index contributed by atoms with van der Waals surface area (Å²) in [5, 5.41) is 2.70. The Balaban J connectivity index is 1.50. The van der Waals surface area contributed by atoms with Crippen LogP contribution in [0.15, 0.2) is 91.0 Å². The molecule has 3 aromatic heterocycles. The fourth-order valence-corrected chi connectivity index (χ4v) is 6.44. The van der Waals surface area contributed by atoms with Crippen LogP contribution in [0.5, 0.6) is 5.75 Å². The minimum atomic E-state index is -4.23. The van der Waals surface area contributed by atoms with Gasteiger partial charge in [-0.25, -0.2) is 0 Å². The molecule has 13 heteroatoms. The molecular formula is C32H17N8NiO3S. The van der Waals surface area contributed by atoms with Crippen molar-refractivity contribution in [3.05, 3.63) is 91.0 Å². The van der Waals surface area contributed by atoms with Gasteiger partial charge in [-0.15, -0.1) is 0 Å². The average molecular weight is 652 g/mol. The monoisotopic (exact) mass is 651 g/mol. The van der Waals surface area contributed by atoms with Gasteiger partial charge in [0.1, 0.15) is 0 Å². The van der Waals surface area contributed by atoms with Crippen molar-refractivity contribution < 1.29 is 27.0 Å². The molecule has 0 saturated carbocycles. The second-order valence-electron chi connectivity index (χ2n) is 10.4. The van der Waals surface area contributed by atoms with E-state index in [1.165, 1.54) is 6.07 Å². The molecule has 5 heterocycles. The van der Waals surface area contributed by atoms with E-state index < -0.39 is 8.64 Å². The van der Waals surface area contributed by atoms with Crippen LogP contribution >= 0.6 is 0 Å². The van der Waals surface area contributed by atoms with E-state index in [2.05, 4.69) is 24.3 Å². The second-order valence-corrected chi connectivity index (χ2v) is 12.7. The number of fused-ring (bicyclic) bond motifs is 20. The van der Waals surface area contributed by atoms with Gasteiger partial charge in [0.05, 0.1) is 0 Å². The Morgan fingerprint density at radius 2 is 0.889 bits per heavy atom. The quantitative estimate of drug-likeness (QED) is 0.213. The summed E-state index contributed by atoms with van der Waals surface area (Å²) in [4.78, 5) is 36.1. The number of rotatable bonds is 2. The third-order valence-corrected chi connectivity index (χ3v) is 8.34. The van der Waals surface area contributed by atoms with Crippen LogP contribution in [0.25, 0.3) is 89.7 Å². The van der Waals surface area contributed by atoms with Crippen LogP contribution in [0.1, 0.15) is 0 Å². The molecule has 0 fully saturated rings. The summed E-state index contributed by atoms with van der Waals surface area (Å²) < 4.78 is 29.4. The number of hydrogen-bond acceptors (Lipinski definition) is 9. The molecule has 45 heavy (non-hydrogen) atoms. The van der Waals surface area contributed by atoms with Crippen LogP contribution in [-0.2, 0) is 23.0 Å². The van der Waals surface area contributed by atoms with Crippen LogP contribution in [0.3, 0.4) is 0 Å². The molecule has 219 valence electrons. The molecule has 0 atom stereocenters. The minimum absolute atomic E-state index is 0.0231. The van der Waals surface area contributed by atoms with Gasteiger partial charge >= 0.3 is 232 Å². The molecule has 11 nitrogen and oxygen atoms in total. The molecule has 2 aliphatic rings. The molecule has 0 saturated heterocycles. The predicted octanol–water partition coefficient (Wildman–Crippen LogP) is 6.04. The van der Waals surface area contributed by atoms with Crippen LogP contribution in [0.4, 0.5) is 0 Å². The summed E-state index contributed by atoms with van der Waals surface area (Å²) in [5.74, 6) is 1.77. The number of nitrogens with one attached hydrogen (secondary N) is 2. The van der Waals surface area contributed by atoms with Gasteiger partial charge in [0.2, 0.25) is 0 Å². The number of aromatic amines is 2. The summed E-state index contributed by atoms with van der Waals surface area (Å²) in [7, 11) is -4.23. The fourth-order valence-electron chi connectivity index (χ4n) is 5.83. The van der Waals surface area contributed by atoms with E-state index in [0.717, 1.165) is 33.0 Å². The first-order valence-corrected chi connectivity index (χ1v) is 16.2. The van der Waals surface area contributed by atoms with Crippen molar-refractivity contribution in [2.75, 3.05) is 0 Å². The summed E-state index contributed by atoms with van der Waals surface area (Å²) >= 11 is 4.21. The average Bonchev–Trinajstić information content (AvgIpc) is 3.76. The first kappa shape index (κ1) is 25.9. The summed E-state index contributed by atoms with van der Waals surface area (Å²) in [5.41, 5.74) is 5.03. The molecule has 9 rings (SSSR count). The maximum atomic E-state index is 12.1. The first-order valence-electron chi connectivity index (χ1n) is 13.7. The third kappa shape index (κ3) is 4.20. The summed E-state index contributed by atoms with van der Waals surface area (Å²) in [6.45, 7) is 0. The fraction of sp³-hybridized carbons (Fsp3) is 0. The molecule has 8 bridgehead atoms. The van der Waals surface area contributed by atoms with Gasteiger partial charge in [0.25, 0.3) is 0 Å². The van der Waals surface area contributed by atoms with Crippen molar-refractivity contribution >= 4 is 52.8 Å². The number of nitrogens with zero attached hydrogens (tertiary/aromatic N) is 6. The van der Waals surface area contributed by atoms with E-state index in [-0.39, 0.29) is 5.75 Å². The second kappa shape index (κ2) is 9.49. The Labute approximate surface area is 261 Å². The molecule has 0 unspecified atom stereocenters. The van der Waals surface area contributed by atoms with E-state index in [9.17, 15) is 8.42 Å². The van der Waals surface area contributed by atoms with Crippen molar-refractivity contribution in [2.24, 2.45) is 0 Å². The van der Waals surface area contributed by atoms with Crippen molar-refractivity contribution in [1.82, 2.24) is 39.9 Å². The van der Waals surface area contributed by atoms with Gasteiger partial charge in [0.15, 0.2) is 0 Å². The van der Waals surface area contributed by atoms with Crippen LogP contribution in [0.2, 0.25) is 0 Å². The molecule has 0 radical (unpaired) electrons. The van der Waals surface area contributed by atoms with Crippen molar-refractivity contribution in [3.63, 3.8) is 0 Å².